The third-order valence-corrected chi connectivity index (χ3v) is 5.13. The van der Waals surface area contributed by atoms with Gasteiger partial charge in [0.2, 0.25) is 0 Å². The van der Waals surface area contributed by atoms with Gasteiger partial charge in [0.25, 0.3) is 5.91 Å². The molecular formula is C21H27NO4S. The minimum Gasteiger partial charge on any atom is -0.483 e. The molecule has 1 N–H and O–H groups in total. The molecule has 1 aromatic carbocycles. The molecule has 146 valence electrons. The maximum Gasteiger partial charge on any atom is 0.341 e. The normalized spacial score (nSPS) is 11.1. The van der Waals surface area contributed by atoms with Crippen molar-refractivity contribution >= 4 is 28.2 Å². The maximum absolute atomic E-state index is 12.4. The fourth-order valence-electron chi connectivity index (χ4n) is 2.59. The predicted molar refractivity (Wildman–Crippen MR) is 109 cm³/mol. The van der Waals surface area contributed by atoms with Crippen molar-refractivity contribution in [2.24, 2.45) is 0 Å². The molecule has 0 bridgehead atoms. The number of para-hydroxylation sites is 1. The Labute approximate surface area is 164 Å². The van der Waals surface area contributed by atoms with E-state index in [1.54, 1.807) is 13.0 Å². The minimum absolute atomic E-state index is 0.0894. The van der Waals surface area contributed by atoms with Crippen LogP contribution in [-0.2, 0) is 21.4 Å². The molecule has 2 rings (SSSR count). The third kappa shape index (κ3) is 5.57. The largest absolute Gasteiger partial charge is 0.483 e. The SMILES string of the molecule is CCOC(=O)c1cc(CC)sc1NC(=O)COc1ccccc1C(C)(C)C. The lowest BCUT2D eigenvalue weighted by Gasteiger charge is -2.22. The van der Waals surface area contributed by atoms with Crippen molar-refractivity contribution in [2.45, 2.75) is 46.5 Å². The highest BCUT2D eigenvalue weighted by Gasteiger charge is 2.21. The van der Waals surface area contributed by atoms with Crippen molar-refractivity contribution in [1.82, 2.24) is 0 Å². The Balaban J connectivity index is 2.09. The molecule has 0 radical (unpaired) electrons. The molecule has 0 atom stereocenters. The van der Waals surface area contributed by atoms with Gasteiger partial charge in [-0.3, -0.25) is 4.79 Å². The first-order chi connectivity index (χ1) is 12.8. The minimum atomic E-state index is -0.428. The highest BCUT2D eigenvalue weighted by Crippen LogP contribution is 2.31. The molecule has 1 heterocycles. The van der Waals surface area contributed by atoms with E-state index in [0.29, 0.717) is 16.3 Å². The molecule has 0 fully saturated rings. The van der Waals surface area contributed by atoms with Crippen LogP contribution in [0.1, 0.15) is 55.4 Å². The first-order valence-electron chi connectivity index (χ1n) is 9.08. The van der Waals surface area contributed by atoms with Gasteiger partial charge in [0.1, 0.15) is 10.8 Å². The molecule has 1 amide bonds. The smallest absolute Gasteiger partial charge is 0.341 e. The molecule has 2 aromatic rings. The van der Waals surface area contributed by atoms with Crippen molar-refractivity contribution in [1.29, 1.82) is 0 Å². The van der Waals surface area contributed by atoms with Crippen LogP contribution in [0.25, 0.3) is 0 Å². The van der Waals surface area contributed by atoms with Crippen molar-refractivity contribution in [3.8, 4) is 5.75 Å². The zero-order valence-electron chi connectivity index (χ0n) is 16.5. The number of esters is 1. The van der Waals surface area contributed by atoms with Gasteiger partial charge in [-0.2, -0.15) is 0 Å². The summed E-state index contributed by atoms with van der Waals surface area (Å²) in [7, 11) is 0. The summed E-state index contributed by atoms with van der Waals surface area (Å²) in [5.41, 5.74) is 1.34. The van der Waals surface area contributed by atoms with Crippen LogP contribution in [0.4, 0.5) is 5.00 Å². The van der Waals surface area contributed by atoms with Crippen molar-refractivity contribution < 1.29 is 19.1 Å². The Kier molecular flexibility index (Phi) is 7.02. The second-order valence-corrected chi connectivity index (χ2v) is 8.25. The van der Waals surface area contributed by atoms with E-state index in [4.69, 9.17) is 9.47 Å². The highest BCUT2D eigenvalue weighted by atomic mass is 32.1. The third-order valence-electron chi connectivity index (χ3n) is 3.93. The summed E-state index contributed by atoms with van der Waals surface area (Å²) in [6.45, 7) is 10.2. The number of carbonyl (C=O) groups is 2. The van der Waals surface area contributed by atoms with Gasteiger partial charge in [-0.25, -0.2) is 4.79 Å². The lowest BCUT2D eigenvalue weighted by molar-refractivity contribution is -0.118. The second-order valence-electron chi connectivity index (χ2n) is 7.11. The number of benzene rings is 1. The lowest BCUT2D eigenvalue weighted by atomic mass is 9.86. The first-order valence-corrected chi connectivity index (χ1v) is 9.89. The number of rotatable bonds is 7. The second kappa shape index (κ2) is 9.04. The monoisotopic (exact) mass is 389 g/mol. The van der Waals surface area contributed by atoms with Gasteiger partial charge in [-0.1, -0.05) is 45.9 Å². The highest BCUT2D eigenvalue weighted by molar-refractivity contribution is 7.16. The number of carbonyl (C=O) groups excluding carboxylic acids is 2. The molecule has 0 unspecified atom stereocenters. The topological polar surface area (TPSA) is 64.6 Å². The fourth-order valence-corrected chi connectivity index (χ4v) is 3.59. The number of thiophene rings is 1. The molecule has 27 heavy (non-hydrogen) atoms. The van der Waals surface area contributed by atoms with Crippen LogP contribution in [0.15, 0.2) is 30.3 Å². The van der Waals surface area contributed by atoms with Crippen LogP contribution in [0.5, 0.6) is 5.75 Å². The summed E-state index contributed by atoms with van der Waals surface area (Å²) in [5.74, 6) is -0.0531. The molecule has 0 aliphatic carbocycles. The number of hydrogen-bond acceptors (Lipinski definition) is 5. The quantitative estimate of drug-likeness (QED) is 0.691. The van der Waals surface area contributed by atoms with E-state index in [-0.39, 0.29) is 24.5 Å². The van der Waals surface area contributed by atoms with Gasteiger partial charge >= 0.3 is 5.97 Å². The Bertz CT molecular complexity index is 805. The predicted octanol–water partition coefficient (Wildman–Crippen LogP) is 4.80. The molecule has 6 heteroatoms. The van der Waals surface area contributed by atoms with Gasteiger partial charge in [-0.15, -0.1) is 11.3 Å². The molecular weight excluding hydrogens is 362 g/mol. The van der Waals surface area contributed by atoms with Crippen molar-refractivity contribution in [2.75, 3.05) is 18.5 Å². The van der Waals surface area contributed by atoms with E-state index in [1.165, 1.54) is 11.3 Å². The summed E-state index contributed by atoms with van der Waals surface area (Å²) in [4.78, 5) is 25.5. The summed E-state index contributed by atoms with van der Waals surface area (Å²) in [5, 5.41) is 3.29. The van der Waals surface area contributed by atoms with Gasteiger partial charge in [0.15, 0.2) is 6.61 Å². The standard InChI is InChI=1S/C21H27NO4S/c1-6-14-12-15(20(24)25-7-2)19(27-14)22-18(23)13-26-17-11-9-8-10-16(17)21(3,4)5/h8-12H,6-7,13H2,1-5H3,(H,22,23). The van der Waals surface area contributed by atoms with Crippen LogP contribution in [-0.4, -0.2) is 25.1 Å². The van der Waals surface area contributed by atoms with Crippen LogP contribution >= 0.6 is 11.3 Å². The zero-order chi connectivity index (χ0) is 20.0. The molecule has 0 aliphatic rings. The Morgan fingerprint density at radius 3 is 2.48 bits per heavy atom. The van der Waals surface area contributed by atoms with Crippen LogP contribution in [0.2, 0.25) is 0 Å². The summed E-state index contributed by atoms with van der Waals surface area (Å²) >= 11 is 1.38. The molecule has 5 nitrogen and oxygen atoms in total. The average molecular weight is 390 g/mol. The fraction of sp³-hybridized carbons (Fsp3) is 0.429. The van der Waals surface area contributed by atoms with Crippen LogP contribution < -0.4 is 10.1 Å². The molecule has 0 spiro atoms. The lowest BCUT2D eigenvalue weighted by Crippen LogP contribution is -2.22. The van der Waals surface area contributed by atoms with Gasteiger partial charge < -0.3 is 14.8 Å². The number of amides is 1. The molecule has 0 aliphatic heterocycles. The average Bonchev–Trinajstić information content (AvgIpc) is 3.02. The number of anilines is 1. The number of nitrogens with one attached hydrogen (secondary N) is 1. The number of aryl methyl sites for hydroxylation is 1. The van der Waals surface area contributed by atoms with E-state index < -0.39 is 5.97 Å². The summed E-state index contributed by atoms with van der Waals surface area (Å²) < 4.78 is 10.8. The van der Waals surface area contributed by atoms with E-state index in [1.807, 2.05) is 31.2 Å². The van der Waals surface area contributed by atoms with E-state index in [2.05, 4.69) is 26.1 Å². The van der Waals surface area contributed by atoms with Crippen LogP contribution in [0.3, 0.4) is 0 Å². The Hall–Kier alpha value is -2.34. The van der Waals surface area contributed by atoms with Gasteiger partial charge in [0.05, 0.1) is 12.2 Å². The van der Waals surface area contributed by atoms with Crippen molar-refractivity contribution in [3.63, 3.8) is 0 Å². The molecule has 0 saturated carbocycles. The zero-order valence-corrected chi connectivity index (χ0v) is 17.4. The Morgan fingerprint density at radius 1 is 1.15 bits per heavy atom. The first kappa shape index (κ1) is 21.0. The van der Waals surface area contributed by atoms with E-state index in [0.717, 1.165) is 16.9 Å². The van der Waals surface area contributed by atoms with Crippen LogP contribution in [0, 0.1) is 0 Å². The maximum atomic E-state index is 12.4. The van der Waals surface area contributed by atoms with E-state index in [9.17, 15) is 9.59 Å². The van der Waals surface area contributed by atoms with Crippen molar-refractivity contribution in [3.05, 3.63) is 46.3 Å². The molecule has 1 aromatic heterocycles. The number of hydrogen-bond donors (Lipinski definition) is 1. The summed E-state index contributed by atoms with van der Waals surface area (Å²) in [6, 6.07) is 9.47. The van der Waals surface area contributed by atoms with Gasteiger partial charge in [-0.05, 0) is 36.5 Å². The number of ether oxygens (including phenoxy) is 2. The van der Waals surface area contributed by atoms with Gasteiger partial charge in [0, 0.05) is 4.88 Å². The molecule has 0 saturated heterocycles. The van der Waals surface area contributed by atoms with E-state index >= 15 is 0 Å². The summed E-state index contributed by atoms with van der Waals surface area (Å²) in [6.07, 6.45) is 0.780. The Morgan fingerprint density at radius 2 is 1.85 bits per heavy atom.